The Bertz CT molecular complexity index is 862. The van der Waals surface area contributed by atoms with E-state index >= 15 is 0 Å². The van der Waals surface area contributed by atoms with Crippen molar-refractivity contribution >= 4 is 0 Å². The maximum atomic E-state index is 10.8. The summed E-state index contributed by atoms with van der Waals surface area (Å²) in [6, 6.07) is 7.09. The molecule has 0 spiro atoms. The lowest BCUT2D eigenvalue weighted by molar-refractivity contribution is 0.173. The van der Waals surface area contributed by atoms with Crippen LogP contribution in [0.15, 0.2) is 24.3 Å². The van der Waals surface area contributed by atoms with Crippen LogP contribution >= 0.6 is 0 Å². The fraction of sp³-hybridized carbons (Fsp3) is 0.429. The summed E-state index contributed by atoms with van der Waals surface area (Å²) in [5.74, 6) is 3.08. The number of hydrogen-bond acceptors (Lipinski definition) is 7. The summed E-state index contributed by atoms with van der Waals surface area (Å²) in [5, 5.41) is 10.8. The minimum absolute atomic E-state index is 0.159. The minimum atomic E-state index is -0.216. The first-order chi connectivity index (χ1) is 13.7. The molecule has 1 unspecified atom stereocenters. The number of methoxy groups -OCH3 is 3. The lowest BCUT2D eigenvalue weighted by atomic mass is 9.94. The molecule has 1 N–H and O–H groups in total. The average Bonchev–Trinajstić information content (AvgIpc) is 3.39. The monoisotopic (exact) mass is 387 g/mol. The third kappa shape index (κ3) is 3.05. The second kappa shape index (κ2) is 7.67. The Balaban J connectivity index is 1.89. The largest absolute Gasteiger partial charge is 0.507 e. The number of hydrogen-bond donors (Lipinski definition) is 1. The zero-order valence-electron chi connectivity index (χ0n) is 16.4. The molecule has 0 radical (unpaired) electrons. The molecule has 150 valence electrons. The van der Waals surface area contributed by atoms with Gasteiger partial charge in [0.05, 0.1) is 27.4 Å². The van der Waals surface area contributed by atoms with Crippen molar-refractivity contribution in [2.75, 3.05) is 41.2 Å². The zero-order valence-corrected chi connectivity index (χ0v) is 16.4. The molecule has 2 aliphatic rings. The van der Waals surface area contributed by atoms with Crippen LogP contribution < -0.4 is 23.7 Å². The van der Waals surface area contributed by atoms with E-state index in [0.29, 0.717) is 28.7 Å². The molecule has 0 amide bonds. The summed E-state index contributed by atoms with van der Waals surface area (Å²) >= 11 is 0. The molecular weight excluding hydrogens is 362 g/mol. The van der Waals surface area contributed by atoms with Crippen LogP contribution in [0.4, 0.5) is 0 Å². The molecule has 7 nitrogen and oxygen atoms in total. The van der Waals surface area contributed by atoms with Crippen LogP contribution in [0.2, 0.25) is 0 Å². The van der Waals surface area contributed by atoms with Crippen molar-refractivity contribution in [1.82, 2.24) is 4.90 Å². The van der Waals surface area contributed by atoms with E-state index in [2.05, 4.69) is 4.90 Å². The Hall–Kier alpha value is -2.80. The van der Waals surface area contributed by atoms with E-state index in [9.17, 15) is 5.11 Å². The normalized spacial score (nSPS) is 16.8. The third-order valence-electron chi connectivity index (χ3n) is 5.35. The highest BCUT2D eigenvalue weighted by molar-refractivity contribution is 5.61. The van der Waals surface area contributed by atoms with Crippen LogP contribution in [-0.4, -0.2) is 51.2 Å². The quantitative estimate of drug-likeness (QED) is 0.815. The van der Waals surface area contributed by atoms with E-state index in [1.54, 1.807) is 27.4 Å². The molecule has 28 heavy (non-hydrogen) atoms. The lowest BCUT2D eigenvalue weighted by Gasteiger charge is -2.31. The van der Waals surface area contributed by atoms with E-state index < -0.39 is 0 Å². The van der Waals surface area contributed by atoms with Crippen LogP contribution in [0.25, 0.3) is 0 Å². The van der Waals surface area contributed by atoms with Crippen molar-refractivity contribution in [2.24, 2.45) is 0 Å². The zero-order chi connectivity index (χ0) is 19.7. The van der Waals surface area contributed by atoms with Gasteiger partial charge >= 0.3 is 0 Å². The summed E-state index contributed by atoms with van der Waals surface area (Å²) in [5.41, 5.74) is 1.65. The second-order valence-corrected chi connectivity index (χ2v) is 6.83. The highest BCUT2D eigenvalue weighted by Crippen LogP contribution is 2.49. The molecule has 4 rings (SSSR count). The summed E-state index contributed by atoms with van der Waals surface area (Å²) in [7, 11) is 4.80. The van der Waals surface area contributed by atoms with E-state index in [1.807, 2.05) is 18.2 Å². The fourth-order valence-electron chi connectivity index (χ4n) is 4.07. The van der Waals surface area contributed by atoms with Gasteiger partial charge in [0.25, 0.3) is 0 Å². The van der Waals surface area contributed by atoms with Gasteiger partial charge in [-0.25, -0.2) is 0 Å². The number of fused-ring (bicyclic) bond motifs is 1. The van der Waals surface area contributed by atoms with Crippen molar-refractivity contribution < 1.29 is 28.8 Å². The van der Waals surface area contributed by atoms with Gasteiger partial charge in [0.2, 0.25) is 12.5 Å². The van der Waals surface area contributed by atoms with E-state index in [1.165, 1.54) is 0 Å². The maximum absolute atomic E-state index is 10.8. The number of benzene rings is 2. The molecule has 0 saturated carbocycles. The Kier molecular flexibility index (Phi) is 5.09. The van der Waals surface area contributed by atoms with E-state index in [0.717, 1.165) is 37.1 Å². The number of aromatic hydroxyl groups is 1. The third-order valence-corrected chi connectivity index (χ3v) is 5.35. The summed E-state index contributed by atoms with van der Waals surface area (Å²) in [4.78, 5) is 2.33. The number of phenolic OH excluding ortho intramolecular Hbond substituents is 1. The Morgan fingerprint density at radius 2 is 1.57 bits per heavy atom. The molecule has 0 bridgehead atoms. The Morgan fingerprint density at radius 3 is 2.21 bits per heavy atom. The van der Waals surface area contributed by atoms with E-state index in [4.69, 9.17) is 23.7 Å². The first-order valence-electron chi connectivity index (χ1n) is 9.33. The average molecular weight is 387 g/mol. The maximum Gasteiger partial charge on any atom is 0.231 e. The summed E-state index contributed by atoms with van der Waals surface area (Å²) < 4.78 is 27.7. The van der Waals surface area contributed by atoms with Gasteiger partial charge in [-0.2, -0.15) is 0 Å². The topological polar surface area (TPSA) is 69.6 Å². The first-order valence-corrected chi connectivity index (χ1v) is 9.33. The van der Waals surface area contributed by atoms with Gasteiger partial charge in [-0.3, -0.25) is 4.90 Å². The van der Waals surface area contributed by atoms with Gasteiger partial charge in [-0.1, -0.05) is 0 Å². The highest BCUT2D eigenvalue weighted by atomic mass is 16.7. The van der Waals surface area contributed by atoms with Crippen LogP contribution in [-0.2, 0) is 0 Å². The molecule has 2 aromatic carbocycles. The predicted octanol–water partition coefficient (Wildman–Crippen LogP) is 3.33. The van der Waals surface area contributed by atoms with Crippen molar-refractivity contribution in [1.29, 1.82) is 0 Å². The number of ether oxygens (including phenoxy) is 5. The van der Waals surface area contributed by atoms with Gasteiger partial charge < -0.3 is 28.8 Å². The number of phenols is 1. The lowest BCUT2D eigenvalue weighted by Crippen LogP contribution is -2.27. The number of rotatable bonds is 6. The summed E-state index contributed by atoms with van der Waals surface area (Å²) in [6.07, 6.45) is 2.22. The molecule has 1 saturated heterocycles. The second-order valence-electron chi connectivity index (χ2n) is 6.83. The molecule has 2 heterocycles. The van der Waals surface area contributed by atoms with Gasteiger partial charge in [-0.05, 0) is 44.1 Å². The van der Waals surface area contributed by atoms with Crippen LogP contribution in [0, 0.1) is 0 Å². The molecule has 2 aliphatic heterocycles. The molecule has 0 aliphatic carbocycles. The van der Waals surface area contributed by atoms with Crippen LogP contribution in [0.5, 0.6) is 34.5 Å². The van der Waals surface area contributed by atoms with Gasteiger partial charge in [-0.15, -0.1) is 0 Å². The van der Waals surface area contributed by atoms with E-state index in [-0.39, 0.29) is 18.6 Å². The Labute approximate surface area is 164 Å². The van der Waals surface area contributed by atoms with Crippen molar-refractivity contribution in [3.05, 3.63) is 35.4 Å². The molecular formula is C21H25NO6. The fourth-order valence-corrected chi connectivity index (χ4v) is 4.07. The molecule has 1 fully saturated rings. The van der Waals surface area contributed by atoms with Gasteiger partial charge in [0, 0.05) is 17.2 Å². The number of likely N-dealkylation sites (tertiary alicyclic amines) is 1. The first kappa shape index (κ1) is 18.6. The number of nitrogens with zero attached hydrogens (tertiary/aromatic N) is 1. The highest BCUT2D eigenvalue weighted by Gasteiger charge is 2.33. The van der Waals surface area contributed by atoms with Crippen molar-refractivity contribution in [2.45, 2.75) is 18.9 Å². The molecule has 0 aromatic heterocycles. The molecule has 7 heteroatoms. The predicted molar refractivity (Wildman–Crippen MR) is 103 cm³/mol. The van der Waals surface area contributed by atoms with Crippen LogP contribution in [0.3, 0.4) is 0 Å². The van der Waals surface area contributed by atoms with Crippen molar-refractivity contribution in [3.8, 4) is 34.5 Å². The minimum Gasteiger partial charge on any atom is -0.507 e. The standard InChI is InChI=1S/C21H25NO6/c1-24-16-7-6-13(20(25-2)21(16)26-3)19(22-8-4-5-9-22)14-10-17-18(11-15(14)23)28-12-27-17/h6-7,10-11,19,23H,4-5,8-9,12H2,1-3H3. The summed E-state index contributed by atoms with van der Waals surface area (Å²) in [6.45, 7) is 2.01. The van der Waals surface area contributed by atoms with Gasteiger partial charge in [0.1, 0.15) is 5.75 Å². The molecule has 1 atom stereocenters. The van der Waals surface area contributed by atoms with Crippen molar-refractivity contribution in [3.63, 3.8) is 0 Å². The Morgan fingerprint density at radius 1 is 0.893 bits per heavy atom. The van der Waals surface area contributed by atoms with Crippen LogP contribution in [0.1, 0.15) is 30.0 Å². The SMILES string of the molecule is COc1ccc(C(c2cc3c(cc2O)OCO3)N2CCCC2)c(OC)c1OC. The smallest absolute Gasteiger partial charge is 0.231 e. The van der Waals surface area contributed by atoms with Gasteiger partial charge in [0.15, 0.2) is 23.0 Å². The molecule has 2 aromatic rings.